The Morgan fingerprint density at radius 2 is 1.60 bits per heavy atom. The molecule has 130 valence electrons. The molecule has 25 heavy (non-hydrogen) atoms. The Morgan fingerprint density at radius 1 is 0.960 bits per heavy atom. The van der Waals surface area contributed by atoms with E-state index in [-0.39, 0.29) is 5.57 Å². The Bertz CT molecular complexity index is 818. The number of aliphatic carboxylic acids is 1. The standard InChI is InChI=1S/C20H17F3O2/c21-20(22,23)17-9-5-13(6-10-17)11-18(19(24)25)16-8-7-14-3-1-2-4-15(14)12-16/h5-12H,1-4H2,(H,24,25)/b18-11-. The van der Waals surface area contributed by atoms with Crippen LogP contribution in [0.4, 0.5) is 13.2 Å². The molecule has 0 atom stereocenters. The number of rotatable bonds is 3. The lowest BCUT2D eigenvalue weighted by atomic mass is 9.89. The molecule has 0 heterocycles. The highest BCUT2D eigenvalue weighted by Crippen LogP contribution is 2.30. The second-order valence-electron chi connectivity index (χ2n) is 6.17. The predicted octanol–water partition coefficient (Wildman–Crippen LogP) is 5.21. The fourth-order valence-electron chi connectivity index (χ4n) is 3.10. The van der Waals surface area contributed by atoms with Crippen molar-refractivity contribution in [1.29, 1.82) is 0 Å². The summed E-state index contributed by atoms with van der Waals surface area (Å²) in [7, 11) is 0. The third-order valence-electron chi connectivity index (χ3n) is 4.44. The van der Waals surface area contributed by atoms with E-state index in [4.69, 9.17) is 0 Å². The molecule has 0 radical (unpaired) electrons. The first-order valence-electron chi connectivity index (χ1n) is 8.09. The van der Waals surface area contributed by atoms with Crippen LogP contribution in [0, 0.1) is 0 Å². The topological polar surface area (TPSA) is 37.3 Å². The predicted molar refractivity (Wildman–Crippen MR) is 90.0 cm³/mol. The maximum Gasteiger partial charge on any atom is 0.416 e. The van der Waals surface area contributed by atoms with Gasteiger partial charge in [-0.25, -0.2) is 4.79 Å². The summed E-state index contributed by atoms with van der Waals surface area (Å²) in [5.41, 5.74) is 2.72. The van der Waals surface area contributed by atoms with E-state index in [9.17, 15) is 23.1 Å². The highest BCUT2D eigenvalue weighted by molar-refractivity contribution is 6.20. The van der Waals surface area contributed by atoms with Crippen molar-refractivity contribution in [2.24, 2.45) is 0 Å². The third-order valence-corrected chi connectivity index (χ3v) is 4.44. The van der Waals surface area contributed by atoms with E-state index >= 15 is 0 Å². The molecule has 2 aromatic carbocycles. The minimum absolute atomic E-state index is 0.0770. The average Bonchev–Trinajstić information content (AvgIpc) is 2.58. The SMILES string of the molecule is O=C(O)/C(=C\c1ccc(C(F)(F)F)cc1)c1ccc2c(c1)CCCC2. The Balaban J connectivity index is 1.96. The Labute approximate surface area is 143 Å². The summed E-state index contributed by atoms with van der Waals surface area (Å²) in [6, 6.07) is 10.1. The van der Waals surface area contributed by atoms with E-state index < -0.39 is 17.7 Å². The van der Waals surface area contributed by atoms with Gasteiger partial charge in [-0.1, -0.05) is 30.3 Å². The van der Waals surface area contributed by atoms with Crippen LogP contribution in [0.15, 0.2) is 42.5 Å². The summed E-state index contributed by atoms with van der Waals surface area (Å²) in [5.74, 6) is -1.10. The van der Waals surface area contributed by atoms with Crippen molar-refractivity contribution in [3.63, 3.8) is 0 Å². The second kappa shape index (κ2) is 6.75. The van der Waals surface area contributed by atoms with E-state index in [1.54, 1.807) is 6.07 Å². The molecule has 0 fully saturated rings. The number of benzene rings is 2. The van der Waals surface area contributed by atoms with Crippen LogP contribution in [0.25, 0.3) is 11.6 Å². The van der Waals surface area contributed by atoms with Crippen LogP contribution in [0.5, 0.6) is 0 Å². The molecule has 0 unspecified atom stereocenters. The fourth-order valence-corrected chi connectivity index (χ4v) is 3.10. The third kappa shape index (κ3) is 3.92. The number of alkyl halides is 3. The van der Waals surface area contributed by atoms with Crippen LogP contribution >= 0.6 is 0 Å². The van der Waals surface area contributed by atoms with Crippen molar-refractivity contribution >= 4 is 17.6 Å². The van der Waals surface area contributed by atoms with E-state index in [0.717, 1.165) is 43.4 Å². The average molecular weight is 346 g/mol. The number of hydrogen-bond donors (Lipinski definition) is 1. The zero-order valence-electron chi connectivity index (χ0n) is 13.4. The number of halogens is 3. The van der Waals surface area contributed by atoms with Crippen molar-refractivity contribution in [3.8, 4) is 0 Å². The fraction of sp³-hybridized carbons (Fsp3) is 0.250. The molecule has 1 N–H and O–H groups in total. The minimum Gasteiger partial charge on any atom is -0.478 e. The maximum atomic E-state index is 12.6. The summed E-state index contributed by atoms with van der Waals surface area (Å²) >= 11 is 0. The van der Waals surface area contributed by atoms with Gasteiger partial charge in [0.25, 0.3) is 0 Å². The van der Waals surface area contributed by atoms with E-state index in [1.807, 2.05) is 12.1 Å². The van der Waals surface area contributed by atoms with Gasteiger partial charge >= 0.3 is 12.1 Å². The normalized spacial score (nSPS) is 14.9. The molecule has 0 bridgehead atoms. The van der Waals surface area contributed by atoms with Crippen molar-refractivity contribution in [1.82, 2.24) is 0 Å². The highest BCUT2D eigenvalue weighted by atomic mass is 19.4. The van der Waals surface area contributed by atoms with Gasteiger partial charge in [0.1, 0.15) is 0 Å². The quantitative estimate of drug-likeness (QED) is 0.612. The molecule has 0 aromatic heterocycles. The summed E-state index contributed by atoms with van der Waals surface area (Å²) in [5, 5.41) is 9.53. The molecule has 0 saturated carbocycles. The lowest BCUT2D eigenvalue weighted by Crippen LogP contribution is -2.06. The van der Waals surface area contributed by atoms with Gasteiger partial charge in [0, 0.05) is 0 Å². The van der Waals surface area contributed by atoms with E-state index in [0.29, 0.717) is 11.1 Å². The Kier molecular flexibility index (Phi) is 4.66. The molecule has 5 heteroatoms. The van der Waals surface area contributed by atoms with Crippen LogP contribution in [0.1, 0.15) is 40.7 Å². The van der Waals surface area contributed by atoms with Gasteiger partial charge in [0.2, 0.25) is 0 Å². The molecule has 2 nitrogen and oxygen atoms in total. The molecule has 1 aliphatic carbocycles. The maximum absolute atomic E-state index is 12.6. The van der Waals surface area contributed by atoms with Gasteiger partial charge in [-0.2, -0.15) is 13.2 Å². The van der Waals surface area contributed by atoms with Gasteiger partial charge in [0.15, 0.2) is 0 Å². The van der Waals surface area contributed by atoms with E-state index in [1.165, 1.54) is 23.8 Å². The van der Waals surface area contributed by atoms with Gasteiger partial charge in [0.05, 0.1) is 11.1 Å². The molecule has 2 aromatic rings. The molecular weight excluding hydrogens is 329 g/mol. The number of carboxylic acid groups (broad SMARTS) is 1. The van der Waals surface area contributed by atoms with E-state index in [2.05, 4.69) is 0 Å². The number of carbonyl (C=O) groups is 1. The van der Waals surface area contributed by atoms with Gasteiger partial charge in [-0.05, 0) is 66.1 Å². The van der Waals surface area contributed by atoms with Crippen LogP contribution in [0.3, 0.4) is 0 Å². The smallest absolute Gasteiger partial charge is 0.416 e. The lowest BCUT2D eigenvalue weighted by molar-refractivity contribution is -0.137. The van der Waals surface area contributed by atoms with Crippen LogP contribution < -0.4 is 0 Å². The number of carboxylic acids is 1. The van der Waals surface area contributed by atoms with Gasteiger partial charge < -0.3 is 5.11 Å². The second-order valence-corrected chi connectivity index (χ2v) is 6.17. The first-order valence-corrected chi connectivity index (χ1v) is 8.09. The highest BCUT2D eigenvalue weighted by Gasteiger charge is 2.29. The van der Waals surface area contributed by atoms with Crippen molar-refractivity contribution in [2.75, 3.05) is 0 Å². The molecule has 0 saturated heterocycles. The van der Waals surface area contributed by atoms with Crippen molar-refractivity contribution in [2.45, 2.75) is 31.9 Å². The molecule has 1 aliphatic rings. The largest absolute Gasteiger partial charge is 0.478 e. The molecule has 0 aliphatic heterocycles. The number of fused-ring (bicyclic) bond motifs is 1. The molecular formula is C20H17F3O2. The Hall–Kier alpha value is -2.56. The first-order chi connectivity index (χ1) is 11.8. The summed E-state index contributed by atoms with van der Waals surface area (Å²) in [6.07, 6.45) is 1.15. The van der Waals surface area contributed by atoms with Crippen LogP contribution in [0.2, 0.25) is 0 Å². The number of aryl methyl sites for hydroxylation is 2. The lowest BCUT2D eigenvalue weighted by Gasteiger charge is -2.16. The molecule has 0 amide bonds. The van der Waals surface area contributed by atoms with Gasteiger partial charge in [-0.15, -0.1) is 0 Å². The zero-order chi connectivity index (χ0) is 18.0. The summed E-state index contributed by atoms with van der Waals surface area (Å²) < 4.78 is 37.9. The van der Waals surface area contributed by atoms with Crippen LogP contribution in [-0.2, 0) is 23.8 Å². The summed E-state index contributed by atoms with van der Waals surface area (Å²) in [6.45, 7) is 0. The molecule has 3 rings (SSSR count). The first kappa shape index (κ1) is 17.3. The molecule has 0 spiro atoms. The minimum atomic E-state index is -4.41. The van der Waals surface area contributed by atoms with Crippen molar-refractivity contribution in [3.05, 3.63) is 70.3 Å². The van der Waals surface area contributed by atoms with Crippen molar-refractivity contribution < 1.29 is 23.1 Å². The van der Waals surface area contributed by atoms with Crippen LogP contribution in [-0.4, -0.2) is 11.1 Å². The Morgan fingerprint density at radius 3 is 2.20 bits per heavy atom. The van der Waals surface area contributed by atoms with Gasteiger partial charge in [-0.3, -0.25) is 0 Å². The summed E-state index contributed by atoms with van der Waals surface area (Å²) in [4.78, 5) is 11.7. The number of hydrogen-bond acceptors (Lipinski definition) is 1. The monoisotopic (exact) mass is 346 g/mol. The zero-order valence-corrected chi connectivity index (χ0v) is 13.4.